The third-order valence-electron chi connectivity index (χ3n) is 5.32. The van der Waals surface area contributed by atoms with Crippen molar-refractivity contribution in [2.24, 2.45) is 11.8 Å². The van der Waals surface area contributed by atoms with Crippen LogP contribution in [-0.2, 0) is 23.0 Å². The lowest BCUT2D eigenvalue weighted by Gasteiger charge is -2.07. The minimum atomic E-state index is -1.72. The van der Waals surface area contributed by atoms with Crippen LogP contribution in [0.4, 0.5) is 0 Å². The first-order chi connectivity index (χ1) is 17.9. The van der Waals surface area contributed by atoms with Gasteiger partial charge >= 0.3 is 11.4 Å². The molecule has 204 valence electrons. The summed E-state index contributed by atoms with van der Waals surface area (Å²) in [4.78, 5) is 22.3. The zero-order valence-electron chi connectivity index (χ0n) is 20.5. The molecule has 0 fully saturated rings. The minimum absolute atomic E-state index is 0.125. The molecule has 3 aromatic carbocycles. The highest BCUT2D eigenvalue weighted by atomic mass is 79.9. The lowest BCUT2D eigenvalue weighted by molar-refractivity contribution is -0.114. The van der Waals surface area contributed by atoms with Gasteiger partial charge in [0.05, 0.1) is 0 Å². The van der Waals surface area contributed by atoms with E-state index in [4.69, 9.17) is 41.7 Å². The number of ketones is 1. The van der Waals surface area contributed by atoms with Gasteiger partial charge in [0.15, 0.2) is 5.78 Å². The zero-order valence-corrected chi connectivity index (χ0v) is 31.1. The maximum absolute atomic E-state index is 11.5. The topological polar surface area (TPSA) is 34.1 Å². The van der Waals surface area contributed by atoms with E-state index in [0.29, 0.717) is 6.42 Å². The quantitative estimate of drug-likeness (QED) is 0.149. The molecule has 0 amide bonds. The summed E-state index contributed by atoms with van der Waals surface area (Å²) in [6.45, 7) is 3.81. The van der Waals surface area contributed by atoms with Crippen molar-refractivity contribution in [2.75, 3.05) is 0 Å². The van der Waals surface area contributed by atoms with Crippen LogP contribution in [0, 0.1) is 11.8 Å². The number of hydrogen-bond acceptors (Lipinski definition) is 2. The van der Waals surface area contributed by atoms with Crippen LogP contribution in [-0.4, -0.2) is 22.4 Å². The average Bonchev–Trinajstić information content (AvgIpc) is 3.16. The molecule has 3 aromatic rings. The van der Waals surface area contributed by atoms with Crippen molar-refractivity contribution in [1.29, 1.82) is 0 Å². The van der Waals surface area contributed by atoms with Gasteiger partial charge in [0.1, 0.15) is 0 Å². The maximum atomic E-state index is 11.5. The van der Waals surface area contributed by atoms with E-state index >= 15 is 0 Å². The summed E-state index contributed by atoms with van der Waals surface area (Å²) in [6.07, 6.45) is 1.57. The Morgan fingerprint density at radius 1 is 0.895 bits per heavy atom. The monoisotopic (exact) mass is 864 g/mol. The van der Waals surface area contributed by atoms with Crippen molar-refractivity contribution in [3.05, 3.63) is 102 Å². The lowest BCUT2D eigenvalue weighted by atomic mass is 10.0. The molecule has 0 radical (unpaired) electrons. The van der Waals surface area contributed by atoms with Gasteiger partial charge in [-0.05, 0) is 59.3 Å². The van der Waals surface area contributed by atoms with Crippen molar-refractivity contribution in [3.8, 4) is 0 Å². The first kappa shape index (κ1) is 36.6. The highest BCUT2D eigenvalue weighted by molar-refractivity contribution is 9.11. The molecule has 2 nitrogen and oxygen atoms in total. The van der Waals surface area contributed by atoms with Crippen LogP contribution in [0.15, 0.2) is 80.1 Å². The fourth-order valence-corrected chi connectivity index (χ4v) is 5.68. The van der Waals surface area contributed by atoms with Gasteiger partial charge in [-0.1, -0.05) is 126 Å². The predicted molar refractivity (Wildman–Crippen MR) is 179 cm³/mol. The van der Waals surface area contributed by atoms with Gasteiger partial charge in [-0.15, -0.1) is 0 Å². The Morgan fingerprint density at radius 2 is 1.37 bits per heavy atom. The molecule has 38 heavy (non-hydrogen) atoms. The van der Waals surface area contributed by atoms with Crippen LogP contribution in [0.5, 0.6) is 0 Å². The average molecular weight is 870 g/mol. The second kappa shape index (κ2) is 19.7. The molecule has 0 aromatic heterocycles. The molecule has 0 bridgehead atoms. The van der Waals surface area contributed by atoms with E-state index in [9.17, 15) is 9.59 Å². The largest absolute Gasteiger partial charge is 0.643 e. The van der Waals surface area contributed by atoms with Crippen LogP contribution in [0.1, 0.15) is 40.9 Å². The van der Waals surface area contributed by atoms with Gasteiger partial charge in [0.2, 0.25) is 5.24 Å². The first-order valence-electron chi connectivity index (χ1n) is 11.3. The Hall–Kier alpha value is 0.612. The molecule has 0 aliphatic heterocycles. The van der Waals surface area contributed by atoms with Gasteiger partial charge in [0, 0.05) is 36.1 Å². The molecule has 2 unspecified atom stereocenters. The first-order valence-corrected chi connectivity index (χ1v) is 20.5. The molecule has 11 heteroatoms. The van der Waals surface area contributed by atoms with E-state index in [1.165, 1.54) is 15.6 Å². The Labute approximate surface area is 280 Å². The number of benzene rings is 3. The fourth-order valence-electron chi connectivity index (χ4n) is 3.34. The molecule has 4 rings (SSSR count). The van der Waals surface area contributed by atoms with Gasteiger partial charge in [-0.25, -0.2) is 30.1 Å². The van der Waals surface area contributed by atoms with Gasteiger partial charge in [-0.3, -0.25) is 9.59 Å². The Morgan fingerprint density at radius 3 is 1.79 bits per heavy atom. The Balaban J connectivity index is 0.000000270. The summed E-state index contributed by atoms with van der Waals surface area (Å²) < 4.78 is 3.26. The van der Waals surface area contributed by atoms with Gasteiger partial charge in [-0.2, -0.15) is 0 Å². The normalized spacial score (nSPS) is 13.9. The van der Waals surface area contributed by atoms with Crippen molar-refractivity contribution in [1.82, 2.24) is 0 Å². The standard InChI is InChI=1S/C10H10BrClO.C10H9BrO.C7H6Br2.Al.3ClH/c1-7(10(12)13)6-8-4-2-3-5-9(8)11;1-6-5-8-7(10(6)12)3-2-4-9(8)11;8-5-6-3-1-2-4-7(6)9;;;;/h2-5,7H,6H2,1H3;2-4,6H,5H2,1H3;1-4H,5H2;;3*1H/q;;;+3;;;/p-3. The number of rotatable bonds is 4. The fraction of sp³-hybridized carbons (Fsp3) is 0.259. The van der Waals surface area contributed by atoms with E-state index in [1.54, 1.807) is 0 Å². The van der Waals surface area contributed by atoms with Crippen LogP contribution in [0.3, 0.4) is 0 Å². The second-order valence-corrected chi connectivity index (χ2v) is 18.1. The summed E-state index contributed by atoms with van der Waals surface area (Å²) in [5, 5.41) is 0.629. The van der Waals surface area contributed by atoms with E-state index in [0.717, 1.165) is 31.8 Å². The third kappa shape index (κ3) is 13.5. The molecular formula is C27H25AlBr4Cl4O2. The number of carbonyl (C=O) groups excluding carboxylic acids is 2. The lowest BCUT2D eigenvalue weighted by Crippen LogP contribution is -2.07. The smallest absolute Gasteiger partial charge is 0.294 e. The number of halogens is 8. The SMILES string of the molecule is BrCc1ccccc1Br.CC(Cc1ccccc1Br)C(=O)Cl.CC1Cc2c(Br)cccc2C1=O.[Cl][Al]([Cl])[Cl]. The van der Waals surface area contributed by atoms with E-state index in [2.05, 4.69) is 69.8 Å². The van der Waals surface area contributed by atoms with Crippen LogP contribution in [0.2, 0.25) is 0 Å². The maximum Gasteiger partial charge on any atom is 0.643 e. The van der Waals surface area contributed by atoms with E-state index in [-0.39, 0.29) is 22.9 Å². The van der Waals surface area contributed by atoms with Crippen molar-refractivity contribution in [2.45, 2.75) is 32.0 Å². The zero-order chi connectivity index (χ0) is 28.8. The Bertz CT molecular complexity index is 1190. The van der Waals surface area contributed by atoms with Crippen LogP contribution < -0.4 is 0 Å². The van der Waals surface area contributed by atoms with Gasteiger partial charge < -0.3 is 0 Å². The molecule has 0 spiro atoms. The molecule has 1 aliphatic carbocycles. The van der Waals surface area contributed by atoms with E-state index < -0.39 is 11.4 Å². The number of alkyl halides is 1. The number of hydrogen-bond donors (Lipinski definition) is 0. The third-order valence-corrected chi connectivity index (χ3v) is 8.58. The van der Waals surface area contributed by atoms with Crippen molar-refractivity contribution < 1.29 is 9.59 Å². The van der Waals surface area contributed by atoms with E-state index in [1.807, 2.05) is 74.5 Å². The highest BCUT2D eigenvalue weighted by Gasteiger charge is 2.27. The number of carbonyl (C=O) groups is 2. The predicted octanol–water partition coefficient (Wildman–Crippen LogP) is 11.2. The summed E-state index contributed by atoms with van der Waals surface area (Å²) in [5.41, 5.74) is 4.48. The van der Waals surface area contributed by atoms with Crippen LogP contribution in [0.25, 0.3) is 0 Å². The molecule has 1 aliphatic rings. The second-order valence-electron chi connectivity index (χ2n) is 8.21. The molecule has 2 atom stereocenters. The van der Waals surface area contributed by atoms with Crippen molar-refractivity contribution in [3.63, 3.8) is 0 Å². The van der Waals surface area contributed by atoms with Crippen molar-refractivity contribution >= 4 is 128 Å². The van der Waals surface area contributed by atoms with Gasteiger partial charge in [0.25, 0.3) is 0 Å². The highest BCUT2D eigenvalue weighted by Crippen LogP contribution is 2.31. The minimum Gasteiger partial charge on any atom is -0.294 e. The molecular weight excluding hydrogens is 845 g/mol. The number of fused-ring (bicyclic) bond motifs is 1. The molecule has 0 saturated carbocycles. The Kier molecular flexibility index (Phi) is 19.0. The van der Waals surface area contributed by atoms with Crippen LogP contribution >= 0.6 is 105 Å². The molecule has 0 N–H and O–H groups in total. The summed E-state index contributed by atoms with van der Waals surface area (Å²) in [5.74, 6) is 0.324. The molecule has 0 heterocycles. The summed E-state index contributed by atoms with van der Waals surface area (Å²) >= 11 is 17.3. The summed E-state index contributed by atoms with van der Waals surface area (Å²) in [7, 11) is 14.8. The summed E-state index contributed by atoms with van der Waals surface area (Å²) in [6, 6.07) is 21.8. The molecule has 0 saturated heterocycles. The number of Topliss-reactive ketones (excluding diaryl/α,β-unsaturated/α-hetero) is 1.